The number of ether oxygens (including phenoxy) is 1. The van der Waals surface area contributed by atoms with Gasteiger partial charge in [0.15, 0.2) is 0 Å². The zero-order valence-electron chi connectivity index (χ0n) is 7.68. The summed E-state index contributed by atoms with van der Waals surface area (Å²) in [6.45, 7) is 2.52. The maximum atomic E-state index is 6.04. The molecule has 5 atom stereocenters. The van der Waals surface area contributed by atoms with Gasteiger partial charge in [-0.15, -0.1) is 0 Å². The van der Waals surface area contributed by atoms with Crippen LogP contribution in [0.2, 0.25) is 0 Å². The van der Waals surface area contributed by atoms with E-state index in [2.05, 4.69) is 6.92 Å². The monoisotopic (exact) mass is 164 g/mol. The molecule has 0 amide bonds. The molecule has 4 aliphatic rings. The van der Waals surface area contributed by atoms with Crippen molar-refractivity contribution in [3.8, 4) is 0 Å². The Morgan fingerprint density at radius 1 is 1.42 bits per heavy atom. The quantitative estimate of drug-likeness (QED) is 0.534. The smallest absolute Gasteiger partial charge is 0.0644 e. The van der Waals surface area contributed by atoms with E-state index in [4.69, 9.17) is 4.74 Å². The van der Waals surface area contributed by atoms with E-state index in [1.807, 2.05) is 0 Å². The van der Waals surface area contributed by atoms with Crippen LogP contribution in [0, 0.1) is 16.7 Å². The maximum Gasteiger partial charge on any atom is 0.0644 e. The van der Waals surface area contributed by atoms with Gasteiger partial charge >= 0.3 is 0 Å². The predicted molar refractivity (Wildman–Crippen MR) is 45.8 cm³/mol. The molecule has 0 N–H and O–H groups in total. The summed E-state index contributed by atoms with van der Waals surface area (Å²) in [6.07, 6.45) is 8.44. The summed E-state index contributed by atoms with van der Waals surface area (Å²) in [5.74, 6) is 1.07. The Balaban J connectivity index is 1.88. The summed E-state index contributed by atoms with van der Waals surface area (Å²) in [4.78, 5) is 0. The van der Waals surface area contributed by atoms with Crippen LogP contribution in [0.25, 0.3) is 0 Å². The van der Waals surface area contributed by atoms with Gasteiger partial charge in [-0.3, -0.25) is 0 Å². The highest BCUT2D eigenvalue weighted by Gasteiger charge is 2.83. The second-order valence-corrected chi connectivity index (χ2v) is 5.59. The first-order valence-corrected chi connectivity index (χ1v) is 5.43. The van der Waals surface area contributed by atoms with E-state index < -0.39 is 0 Å². The van der Waals surface area contributed by atoms with Gasteiger partial charge in [-0.2, -0.15) is 0 Å². The highest BCUT2D eigenvalue weighted by atomic mass is 16.5. The van der Waals surface area contributed by atoms with E-state index in [-0.39, 0.29) is 0 Å². The fourth-order valence-electron chi connectivity index (χ4n) is 5.03. The van der Waals surface area contributed by atoms with Crippen LogP contribution in [0.5, 0.6) is 0 Å². The summed E-state index contributed by atoms with van der Waals surface area (Å²) in [7, 11) is 0. The van der Waals surface area contributed by atoms with Crippen molar-refractivity contribution in [1.29, 1.82) is 0 Å². The number of rotatable bonds is 0. The Labute approximate surface area is 73.5 Å². The third-order valence-electron chi connectivity index (χ3n) is 5.53. The van der Waals surface area contributed by atoms with Crippen molar-refractivity contribution in [3.63, 3.8) is 0 Å². The molecule has 0 aromatic carbocycles. The minimum Gasteiger partial charge on any atom is -0.374 e. The summed E-state index contributed by atoms with van der Waals surface area (Å²) in [5.41, 5.74) is 1.43. The van der Waals surface area contributed by atoms with Gasteiger partial charge < -0.3 is 4.74 Å². The molecule has 0 aromatic heterocycles. The Bertz CT molecular complexity index is 252. The van der Waals surface area contributed by atoms with Crippen LogP contribution in [-0.4, -0.2) is 12.2 Å². The van der Waals surface area contributed by atoms with Gasteiger partial charge in [-0.25, -0.2) is 0 Å². The van der Waals surface area contributed by atoms with Crippen LogP contribution >= 0.6 is 0 Å². The maximum absolute atomic E-state index is 6.04. The third kappa shape index (κ3) is 0.396. The normalized spacial score (nSPS) is 71.2. The molecule has 3 aliphatic carbocycles. The van der Waals surface area contributed by atoms with Crippen LogP contribution < -0.4 is 0 Å². The molecule has 0 radical (unpaired) electrons. The van der Waals surface area contributed by atoms with E-state index in [1.54, 1.807) is 0 Å². The molecular formula is C11H16O. The third-order valence-corrected chi connectivity index (χ3v) is 5.53. The summed E-state index contributed by atoms with van der Waals surface area (Å²) in [5, 5.41) is 0. The molecule has 2 bridgehead atoms. The lowest BCUT2D eigenvalue weighted by Gasteiger charge is -2.29. The zero-order valence-corrected chi connectivity index (χ0v) is 7.68. The minimum atomic E-state index is 0.672. The van der Waals surface area contributed by atoms with Crippen molar-refractivity contribution in [2.75, 3.05) is 0 Å². The van der Waals surface area contributed by atoms with Crippen molar-refractivity contribution in [2.45, 2.75) is 51.2 Å². The standard InChI is InChI=1S/C11H16O/c1-10-4-2-3-9-11(10)6-7(12-9)5-8(10)11/h7-9H,2-6H2,1H3. The molecule has 5 unspecified atom stereocenters. The van der Waals surface area contributed by atoms with Gasteiger partial charge in [-0.1, -0.05) is 13.3 Å². The van der Waals surface area contributed by atoms with E-state index in [9.17, 15) is 0 Å². The predicted octanol–water partition coefficient (Wildman–Crippen LogP) is 2.35. The molecule has 1 nitrogen and oxygen atoms in total. The molecule has 1 spiro atoms. The molecule has 0 aromatic rings. The fraction of sp³-hybridized carbons (Fsp3) is 1.00. The van der Waals surface area contributed by atoms with Gasteiger partial charge in [0.1, 0.15) is 0 Å². The Hall–Kier alpha value is -0.0400. The van der Waals surface area contributed by atoms with E-state index >= 15 is 0 Å². The Kier molecular flexibility index (Phi) is 0.800. The van der Waals surface area contributed by atoms with Gasteiger partial charge in [0, 0.05) is 5.41 Å². The largest absolute Gasteiger partial charge is 0.374 e. The van der Waals surface area contributed by atoms with E-state index in [1.165, 1.54) is 32.1 Å². The molecule has 1 heteroatoms. The summed E-state index contributed by atoms with van der Waals surface area (Å²) in [6, 6.07) is 0. The second-order valence-electron chi connectivity index (χ2n) is 5.59. The van der Waals surface area contributed by atoms with Crippen molar-refractivity contribution in [3.05, 3.63) is 0 Å². The van der Waals surface area contributed by atoms with Crippen molar-refractivity contribution < 1.29 is 4.74 Å². The first kappa shape index (κ1) is 6.42. The Morgan fingerprint density at radius 2 is 2.33 bits per heavy atom. The highest BCUT2D eigenvalue weighted by Crippen LogP contribution is 2.85. The summed E-state index contributed by atoms with van der Waals surface area (Å²) >= 11 is 0. The SMILES string of the molecule is CC12CCCC3OC4CC1C32C4. The molecular weight excluding hydrogens is 148 g/mol. The average molecular weight is 164 g/mol. The number of hydrogen-bond donors (Lipinski definition) is 0. The van der Waals surface area contributed by atoms with Crippen molar-refractivity contribution in [2.24, 2.45) is 16.7 Å². The van der Waals surface area contributed by atoms with Gasteiger partial charge in [0.2, 0.25) is 0 Å². The zero-order chi connectivity index (χ0) is 7.97. The van der Waals surface area contributed by atoms with Gasteiger partial charge in [0.25, 0.3) is 0 Å². The molecule has 3 saturated carbocycles. The molecule has 4 rings (SSSR count). The minimum absolute atomic E-state index is 0.672. The first-order chi connectivity index (χ1) is 5.77. The molecule has 4 fully saturated rings. The van der Waals surface area contributed by atoms with Crippen LogP contribution in [0.1, 0.15) is 39.0 Å². The topological polar surface area (TPSA) is 9.23 Å². The second kappa shape index (κ2) is 1.50. The Morgan fingerprint density at radius 3 is 3.17 bits per heavy atom. The van der Waals surface area contributed by atoms with E-state index in [0.29, 0.717) is 17.6 Å². The van der Waals surface area contributed by atoms with Crippen molar-refractivity contribution in [1.82, 2.24) is 0 Å². The lowest BCUT2D eigenvalue weighted by molar-refractivity contribution is -0.0115. The lowest BCUT2D eigenvalue weighted by atomic mass is 9.77. The van der Waals surface area contributed by atoms with Crippen LogP contribution in [-0.2, 0) is 4.74 Å². The number of hydrogen-bond acceptors (Lipinski definition) is 1. The molecule has 66 valence electrons. The molecule has 1 saturated heterocycles. The first-order valence-electron chi connectivity index (χ1n) is 5.43. The van der Waals surface area contributed by atoms with Crippen LogP contribution in [0.4, 0.5) is 0 Å². The molecule has 1 heterocycles. The van der Waals surface area contributed by atoms with Crippen LogP contribution in [0.3, 0.4) is 0 Å². The lowest BCUT2D eigenvalue weighted by Crippen LogP contribution is -2.27. The fourth-order valence-corrected chi connectivity index (χ4v) is 5.03. The number of fused-ring (bicyclic) bond motifs is 2. The van der Waals surface area contributed by atoms with Crippen LogP contribution in [0.15, 0.2) is 0 Å². The molecule has 1 aliphatic heterocycles. The van der Waals surface area contributed by atoms with Crippen molar-refractivity contribution >= 4 is 0 Å². The highest BCUT2D eigenvalue weighted by molar-refractivity contribution is 5.30. The van der Waals surface area contributed by atoms with Gasteiger partial charge in [0.05, 0.1) is 12.2 Å². The summed E-state index contributed by atoms with van der Waals surface area (Å²) < 4.78 is 6.04. The molecule has 12 heavy (non-hydrogen) atoms. The van der Waals surface area contributed by atoms with E-state index in [0.717, 1.165) is 11.3 Å². The van der Waals surface area contributed by atoms with Gasteiger partial charge in [-0.05, 0) is 37.0 Å². The average Bonchev–Trinajstić information content (AvgIpc) is 2.50.